The van der Waals surface area contributed by atoms with Gasteiger partial charge < -0.3 is 0 Å². The quantitative estimate of drug-likeness (QED) is 0.671. The molecule has 2 heteroatoms. The van der Waals surface area contributed by atoms with Crippen LogP contribution in [0, 0.1) is 24.2 Å². The third-order valence-corrected chi connectivity index (χ3v) is 6.39. The van der Waals surface area contributed by atoms with Crippen LogP contribution < -0.4 is 0 Å². The highest BCUT2D eigenvalue weighted by molar-refractivity contribution is 7.10. The van der Waals surface area contributed by atoms with E-state index in [1.165, 1.54) is 29.7 Å². The topological polar surface area (TPSA) is 17.1 Å². The standard InChI is InChI=1S/C15H20OS/c1-9-8-17-12-7-11-6-4-5-10(2)15(11,3)14(16)13(9)12/h8,10-11H,4-7H2,1-3H3/t10-,11+,15+/m0/s1. The molecule has 0 amide bonds. The van der Waals surface area contributed by atoms with Gasteiger partial charge in [-0.25, -0.2) is 0 Å². The second-order valence-electron chi connectivity index (χ2n) is 6.06. The van der Waals surface area contributed by atoms with E-state index in [1.54, 1.807) is 11.3 Å². The molecule has 1 saturated carbocycles. The van der Waals surface area contributed by atoms with Gasteiger partial charge in [-0.15, -0.1) is 11.3 Å². The van der Waals surface area contributed by atoms with Crippen LogP contribution in [0.4, 0.5) is 0 Å². The third kappa shape index (κ3) is 1.40. The van der Waals surface area contributed by atoms with Gasteiger partial charge >= 0.3 is 0 Å². The molecule has 92 valence electrons. The van der Waals surface area contributed by atoms with Crippen LogP contribution in [0.3, 0.4) is 0 Å². The molecule has 2 aliphatic rings. The Bertz CT molecular complexity index is 473. The lowest BCUT2D eigenvalue weighted by Crippen LogP contribution is -2.48. The van der Waals surface area contributed by atoms with Crippen LogP contribution in [0.2, 0.25) is 0 Å². The van der Waals surface area contributed by atoms with Gasteiger partial charge in [-0.05, 0) is 49.0 Å². The van der Waals surface area contributed by atoms with E-state index in [1.807, 2.05) is 0 Å². The molecule has 1 heterocycles. The Morgan fingerprint density at radius 1 is 1.41 bits per heavy atom. The van der Waals surface area contributed by atoms with E-state index in [4.69, 9.17) is 0 Å². The number of carbonyl (C=O) groups excluding carboxylic acids is 1. The van der Waals surface area contributed by atoms with E-state index in [0.29, 0.717) is 17.6 Å². The number of fused-ring (bicyclic) bond motifs is 2. The Balaban J connectivity index is 2.13. The number of Topliss-reactive ketones (excluding diaryl/α,β-unsaturated/α-hetero) is 1. The summed E-state index contributed by atoms with van der Waals surface area (Å²) in [6.07, 6.45) is 4.90. The van der Waals surface area contributed by atoms with Gasteiger partial charge in [-0.3, -0.25) is 4.79 Å². The van der Waals surface area contributed by atoms with E-state index in [-0.39, 0.29) is 5.41 Å². The molecular formula is C15H20OS. The molecule has 0 radical (unpaired) electrons. The number of carbonyl (C=O) groups is 1. The molecule has 2 aliphatic carbocycles. The molecule has 1 aromatic heterocycles. The predicted octanol–water partition coefficient (Wildman–Crippen LogP) is 4.24. The first-order valence-electron chi connectivity index (χ1n) is 6.67. The highest BCUT2D eigenvalue weighted by Gasteiger charge is 2.51. The van der Waals surface area contributed by atoms with Crippen LogP contribution >= 0.6 is 11.3 Å². The highest BCUT2D eigenvalue weighted by Crippen LogP contribution is 2.53. The monoisotopic (exact) mass is 248 g/mol. The van der Waals surface area contributed by atoms with E-state index in [2.05, 4.69) is 26.2 Å². The average Bonchev–Trinajstić information content (AvgIpc) is 2.65. The fourth-order valence-corrected chi connectivity index (χ4v) is 4.95. The van der Waals surface area contributed by atoms with Crippen molar-refractivity contribution in [3.8, 4) is 0 Å². The Hall–Kier alpha value is -0.630. The first-order valence-corrected chi connectivity index (χ1v) is 7.55. The molecule has 1 aromatic rings. The van der Waals surface area contributed by atoms with Crippen LogP contribution in [0.15, 0.2) is 5.38 Å². The molecule has 1 fully saturated rings. The van der Waals surface area contributed by atoms with Crippen molar-refractivity contribution in [2.75, 3.05) is 0 Å². The summed E-state index contributed by atoms with van der Waals surface area (Å²) in [5.74, 6) is 1.57. The van der Waals surface area contributed by atoms with Gasteiger partial charge in [0.05, 0.1) is 0 Å². The first kappa shape index (κ1) is 11.5. The minimum Gasteiger partial charge on any atom is -0.293 e. The highest BCUT2D eigenvalue weighted by atomic mass is 32.1. The Morgan fingerprint density at radius 3 is 2.94 bits per heavy atom. The second kappa shape index (κ2) is 3.68. The van der Waals surface area contributed by atoms with Crippen LogP contribution in [-0.4, -0.2) is 5.78 Å². The fourth-order valence-electron chi connectivity index (χ4n) is 3.84. The van der Waals surface area contributed by atoms with Crippen molar-refractivity contribution in [2.24, 2.45) is 17.3 Å². The van der Waals surface area contributed by atoms with Crippen LogP contribution in [-0.2, 0) is 6.42 Å². The van der Waals surface area contributed by atoms with Crippen LogP contribution in [0.5, 0.6) is 0 Å². The number of hydrogen-bond acceptors (Lipinski definition) is 2. The molecule has 3 atom stereocenters. The summed E-state index contributed by atoms with van der Waals surface area (Å²) in [4.78, 5) is 14.2. The van der Waals surface area contributed by atoms with Crippen molar-refractivity contribution in [1.82, 2.24) is 0 Å². The Morgan fingerprint density at radius 2 is 2.18 bits per heavy atom. The molecule has 0 aromatic carbocycles. The zero-order valence-electron chi connectivity index (χ0n) is 10.9. The minimum atomic E-state index is -0.0862. The van der Waals surface area contributed by atoms with Crippen LogP contribution in [0.25, 0.3) is 0 Å². The summed E-state index contributed by atoms with van der Waals surface area (Å²) < 4.78 is 0. The lowest BCUT2D eigenvalue weighted by atomic mass is 9.55. The van der Waals surface area contributed by atoms with Gasteiger partial charge in [-0.2, -0.15) is 0 Å². The zero-order chi connectivity index (χ0) is 12.2. The molecule has 0 spiro atoms. The second-order valence-corrected chi connectivity index (χ2v) is 7.03. The molecule has 17 heavy (non-hydrogen) atoms. The summed E-state index contributed by atoms with van der Waals surface area (Å²) in [5, 5.41) is 2.16. The largest absolute Gasteiger partial charge is 0.293 e. The molecule has 0 unspecified atom stereocenters. The Labute approximate surface area is 107 Å². The number of aryl methyl sites for hydroxylation is 1. The molecular weight excluding hydrogens is 228 g/mol. The maximum atomic E-state index is 12.9. The maximum Gasteiger partial charge on any atom is 0.170 e. The third-order valence-electron chi connectivity index (χ3n) is 5.26. The summed E-state index contributed by atoms with van der Waals surface area (Å²) in [6.45, 7) is 6.59. The van der Waals surface area contributed by atoms with Gasteiger partial charge in [0.15, 0.2) is 5.78 Å². The van der Waals surface area contributed by atoms with Crippen molar-refractivity contribution in [3.63, 3.8) is 0 Å². The minimum absolute atomic E-state index is 0.0862. The van der Waals surface area contributed by atoms with Crippen LogP contribution in [0.1, 0.15) is 53.9 Å². The Kier molecular flexibility index (Phi) is 2.48. The first-order chi connectivity index (χ1) is 8.05. The normalized spacial score (nSPS) is 36.5. The zero-order valence-corrected chi connectivity index (χ0v) is 11.7. The van der Waals surface area contributed by atoms with Crippen molar-refractivity contribution < 1.29 is 4.79 Å². The molecule has 0 saturated heterocycles. The number of hydrogen-bond donors (Lipinski definition) is 0. The molecule has 0 bridgehead atoms. The fraction of sp³-hybridized carbons (Fsp3) is 0.667. The summed E-state index contributed by atoms with van der Waals surface area (Å²) in [5.41, 5.74) is 2.19. The van der Waals surface area contributed by atoms with Crippen molar-refractivity contribution in [1.29, 1.82) is 0 Å². The lowest BCUT2D eigenvalue weighted by Gasteiger charge is -2.47. The molecule has 1 nitrogen and oxygen atoms in total. The number of thiophene rings is 1. The van der Waals surface area contributed by atoms with Gasteiger partial charge in [0, 0.05) is 15.9 Å². The number of rotatable bonds is 0. The van der Waals surface area contributed by atoms with E-state index in [9.17, 15) is 4.79 Å². The molecule has 0 N–H and O–H groups in total. The summed E-state index contributed by atoms with van der Waals surface area (Å²) in [7, 11) is 0. The van der Waals surface area contributed by atoms with Gasteiger partial charge in [-0.1, -0.05) is 20.3 Å². The molecule has 0 aliphatic heterocycles. The van der Waals surface area contributed by atoms with Gasteiger partial charge in [0.25, 0.3) is 0 Å². The van der Waals surface area contributed by atoms with E-state index >= 15 is 0 Å². The summed E-state index contributed by atoms with van der Waals surface area (Å²) >= 11 is 1.79. The molecule has 3 rings (SSSR count). The smallest absolute Gasteiger partial charge is 0.170 e. The van der Waals surface area contributed by atoms with E-state index < -0.39 is 0 Å². The van der Waals surface area contributed by atoms with Crippen molar-refractivity contribution in [2.45, 2.75) is 46.5 Å². The predicted molar refractivity (Wildman–Crippen MR) is 71.7 cm³/mol. The van der Waals surface area contributed by atoms with Gasteiger partial charge in [0.2, 0.25) is 0 Å². The number of ketones is 1. The summed E-state index contributed by atoms with van der Waals surface area (Å²) in [6, 6.07) is 0. The SMILES string of the molecule is Cc1csc2c1C(=O)[C@@]1(C)[C@H](CCC[C@@H]1C)C2. The van der Waals surface area contributed by atoms with E-state index in [0.717, 1.165) is 12.0 Å². The maximum absolute atomic E-state index is 12.9. The van der Waals surface area contributed by atoms with Crippen molar-refractivity contribution in [3.05, 3.63) is 21.4 Å². The lowest BCUT2D eigenvalue weighted by molar-refractivity contribution is 0.0331. The van der Waals surface area contributed by atoms with Gasteiger partial charge in [0.1, 0.15) is 0 Å². The average molecular weight is 248 g/mol. The van der Waals surface area contributed by atoms with Crippen molar-refractivity contribution >= 4 is 17.1 Å².